The fourth-order valence-corrected chi connectivity index (χ4v) is 2.45. The summed E-state index contributed by atoms with van der Waals surface area (Å²) in [7, 11) is 0. The Hall–Kier alpha value is -1.88. The van der Waals surface area contributed by atoms with Crippen LogP contribution in [-0.2, 0) is 4.79 Å². The lowest BCUT2D eigenvalue weighted by Crippen LogP contribution is -2.12. The van der Waals surface area contributed by atoms with Crippen LogP contribution in [0.25, 0.3) is 0 Å². The van der Waals surface area contributed by atoms with E-state index in [4.69, 9.17) is 4.74 Å². The molecule has 0 fully saturated rings. The summed E-state index contributed by atoms with van der Waals surface area (Å²) in [5, 5.41) is 3.69. The van der Waals surface area contributed by atoms with Crippen LogP contribution >= 0.6 is 11.3 Å². The number of nitrogens with zero attached hydrogens (tertiary/aromatic N) is 1. The van der Waals surface area contributed by atoms with E-state index >= 15 is 0 Å². The van der Waals surface area contributed by atoms with Gasteiger partial charge in [0.05, 0.1) is 17.8 Å². The summed E-state index contributed by atoms with van der Waals surface area (Å²) in [6, 6.07) is 7.90. The molecule has 2 aromatic rings. The molecule has 0 atom stereocenters. The molecular formula is C15H18N2O2S. The molecule has 0 spiro atoms. The number of rotatable bonds is 6. The third kappa shape index (κ3) is 4.35. The number of anilines is 1. The van der Waals surface area contributed by atoms with E-state index < -0.39 is 0 Å². The van der Waals surface area contributed by atoms with Crippen LogP contribution in [0.3, 0.4) is 0 Å². The highest BCUT2D eigenvalue weighted by molar-refractivity contribution is 7.14. The van der Waals surface area contributed by atoms with Crippen molar-refractivity contribution in [2.24, 2.45) is 0 Å². The maximum absolute atomic E-state index is 11.7. The van der Waals surface area contributed by atoms with Crippen molar-refractivity contribution in [2.75, 3.05) is 11.9 Å². The fraction of sp³-hybridized carbons (Fsp3) is 0.333. The summed E-state index contributed by atoms with van der Waals surface area (Å²) >= 11 is 1.44. The Bertz CT molecular complexity index is 581. The normalized spacial score (nSPS) is 10.3. The van der Waals surface area contributed by atoms with Crippen molar-refractivity contribution in [3.05, 3.63) is 41.0 Å². The van der Waals surface area contributed by atoms with Crippen molar-refractivity contribution < 1.29 is 9.53 Å². The Morgan fingerprint density at radius 3 is 2.95 bits per heavy atom. The summed E-state index contributed by atoms with van der Waals surface area (Å²) in [6.45, 7) is 4.45. The zero-order valence-corrected chi connectivity index (χ0v) is 12.5. The van der Waals surface area contributed by atoms with Gasteiger partial charge < -0.3 is 10.1 Å². The topological polar surface area (TPSA) is 51.2 Å². The smallest absolute Gasteiger partial charge is 0.225 e. The predicted molar refractivity (Wildman–Crippen MR) is 81.4 cm³/mol. The number of aromatic nitrogens is 1. The second-order valence-corrected chi connectivity index (χ2v) is 5.44. The molecule has 1 amide bonds. The number of carbonyl (C=O) groups excluding carboxylic acids is 1. The van der Waals surface area contributed by atoms with Gasteiger partial charge in [-0.05, 0) is 38.0 Å². The Balaban J connectivity index is 1.68. The van der Waals surface area contributed by atoms with Crippen LogP contribution < -0.4 is 10.1 Å². The molecule has 0 aliphatic heterocycles. The number of carbonyl (C=O) groups is 1. The standard InChI is InChI=1S/C15H18N2O2S/c1-11-5-3-6-13(9-11)19-8-4-7-14(18)17-15-12(2)16-10-20-15/h3,5-6,9-10H,4,7-8H2,1-2H3,(H,17,18). The molecular weight excluding hydrogens is 272 g/mol. The highest BCUT2D eigenvalue weighted by Crippen LogP contribution is 2.19. The van der Waals surface area contributed by atoms with Crippen LogP contribution in [0.15, 0.2) is 29.8 Å². The Labute approximate surface area is 122 Å². The van der Waals surface area contributed by atoms with Crippen molar-refractivity contribution in [2.45, 2.75) is 26.7 Å². The highest BCUT2D eigenvalue weighted by atomic mass is 32.1. The van der Waals surface area contributed by atoms with E-state index in [-0.39, 0.29) is 5.91 Å². The molecule has 0 aliphatic rings. The number of aryl methyl sites for hydroxylation is 2. The molecule has 106 valence electrons. The van der Waals surface area contributed by atoms with Gasteiger partial charge in [-0.2, -0.15) is 0 Å². The average molecular weight is 290 g/mol. The molecule has 0 saturated heterocycles. The summed E-state index contributed by atoms with van der Waals surface area (Å²) in [4.78, 5) is 15.8. The molecule has 1 N–H and O–H groups in total. The van der Waals surface area contributed by atoms with Gasteiger partial charge in [-0.25, -0.2) is 4.98 Å². The molecule has 0 saturated carbocycles. The van der Waals surface area contributed by atoms with Gasteiger partial charge in [0.15, 0.2) is 0 Å². The minimum atomic E-state index is 0.00481. The van der Waals surface area contributed by atoms with Crippen molar-refractivity contribution >= 4 is 22.2 Å². The van der Waals surface area contributed by atoms with Crippen LogP contribution in [-0.4, -0.2) is 17.5 Å². The van der Waals surface area contributed by atoms with E-state index in [9.17, 15) is 4.79 Å². The van der Waals surface area contributed by atoms with E-state index in [0.717, 1.165) is 16.4 Å². The molecule has 1 aromatic heterocycles. The van der Waals surface area contributed by atoms with Gasteiger partial charge in [0.25, 0.3) is 0 Å². The van der Waals surface area contributed by atoms with Gasteiger partial charge >= 0.3 is 0 Å². The first-order chi connectivity index (χ1) is 9.65. The zero-order valence-electron chi connectivity index (χ0n) is 11.7. The number of hydrogen-bond donors (Lipinski definition) is 1. The largest absolute Gasteiger partial charge is 0.494 e. The Kier molecular flexibility index (Phi) is 5.12. The monoisotopic (exact) mass is 290 g/mol. The van der Waals surface area contributed by atoms with E-state index in [1.807, 2.05) is 38.1 Å². The Morgan fingerprint density at radius 1 is 1.40 bits per heavy atom. The highest BCUT2D eigenvalue weighted by Gasteiger charge is 2.06. The van der Waals surface area contributed by atoms with Gasteiger partial charge in [-0.15, -0.1) is 11.3 Å². The molecule has 0 bridgehead atoms. The van der Waals surface area contributed by atoms with Gasteiger partial charge in [0, 0.05) is 6.42 Å². The van der Waals surface area contributed by atoms with Gasteiger partial charge in [0.1, 0.15) is 10.8 Å². The van der Waals surface area contributed by atoms with E-state index in [2.05, 4.69) is 10.3 Å². The Morgan fingerprint density at radius 2 is 2.25 bits per heavy atom. The van der Waals surface area contributed by atoms with Gasteiger partial charge in [-0.1, -0.05) is 12.1 Å². The van der Waals surface area contributed by atoms with Crippen molar-refractivity contribution in [3.8, 4) is 5.75 Å². The van der Waals surface area contributed by atoms with Crippen LogP contribution in [0.5, 0.6) is 5.75 Å². The second-order valence-electron chi connectivity index (χ2n) is 4.58. The molecule has 0 radical (unpaired) electrons. The van der Waals surface area contributed by atoms with Crippen molar-refractivity contribution in [1.82, 2.24) is 4.98 Å². The first kappa shape index (κ1) is 14.5. The van der Waals surface area contributed by atoms with Crippen LogP contribution in [0.1, 0.15) is 24.1 Å². The number of amides is 1. The molecule has 1 heterocycles. The number of ether oxygens (including phenoxy) is 1. The van der Waals surface area contributed by atoms with Crippen molar-refractivity contribution in [3.63, 3.8) is 0 Å². The van der Waals surface area contributed by atoms with Crippen molar-refractivity contribution in [1.29, 1.82) is 0 Å². The number of nitrogens with one attached hydrogen (secondary N) is 1. The van der Waals surface area contributed by atoms with E-state index in [0.29, 0.717) is 19.4 Å². The van der Waals surface area contributed by atoms with Crippen LogP contribution in [0.2, 0.25) is 0 Å². The fourth-order valence-electron chi connectivity index (χ4n) is 1.74. The maximum atomic E-state index is 11.7. The molecule has 0 unspecified atom stereocenters. The molecule has 20 heavy (non-hydrogen) atoms. The SMILES string of the molecule is Cc1cccc(OCCCC(=O)Nc2scnc2C)c1. The van der Waals surface area contributed by atoms with Gasteiger partial charge in [-0.3, -0.25) is 4.79 Å². The van der Waals surface area contributed by atoms with Gasteiger partial charge in [0.2, 0.25) is 5.91 Å². The first-order valence-electron chi connectivity index (χ1n) is 6.54. The molecule has 2 rings (SSSR count). The second kappa shape index (κ2) is 7.05. The number of hydrogen-bond acceptors (Lipinski definition) is 4. The molecule has 4 nitrogen and oxygen atoms in total. The summed E-state index contributed by atoms with van der Waals surface area (Å²) < 4.78 is 5.61. The third-order valence-electron chi connectivity index (χ3n) is 2.80. The minimum Gasteiger partial charge on any atom is -0.494 e. The number of benzene rings is 1. The van der Waals surface area contributed by atoms with Crippen LogP contribution in [0, 0.1) is 13.8 Å². The van der Waals surface area contributed by atoms with Crippen LogP contribution in [0.4, 0.5) is 5.00 Å². The number of thiazole rings is 1. The van der Waals surface area contributed by atoms with E-state index in [1.165, 1.54) is 16.9 Å². The summed E-state index contributed by atoms with van der Waals surface area (Å²) in [5.74, 6) is 0.855. The minimum absolute atomic E-state index is 0.00481. The predicted octanol–water partition coefficient (Wildman–Crippen LogP) is 3.56. The lowest BCUT2D eigenvalue weighted by atomic mass is 10.2. The maximum Gasteiger partial charge on any atom is 0.225 e. The quantitative estimate of drug-likeness (QED) is 0.828. The molecule has 1 aromatic carbocycles. The first-order valence-corrected chi connectivity index (χ1v) is 7.42. The summed E-state index contributed by atoms with van der Waals surface area (Å²) in [5.41, 5.74) is 3.76. The lowest BCUT2D eigenvalue weighted by Gasteiger charge is -2.07. The average Bonchev–Trinajstić information content (AvgIpc) is 2.80. The summed E-state index contributed by atoms with van der Waals surface area (Å²) in [6.07, 6.45) is 1.14. The molecule has 5 heteroatoms. The molecule has 0 aliphatic carbocycles. The lowest BCUT2D eigenvalue weighted by molar-refractivity contribution is -0.116. The zero-order chi connectivity index (χ0) is 14.4. The van der Waals surface area contributed by atoms with E-state index in [1.54, 1.807) is 5.51 Å². The third-order valence-corrected chi connectivity index (χ3v) is 3.65.